The van der Waals surface area contributed by atoms with Crippen molar-refractivity contribution in [3.63, 3.8) is 0 Å². The van der Waals surface area contributed by atoms with Gasteiger partial charge < -0.3 is 14.8 Å². The second-order valence-corrected chi connectivity index (χ2v) is 8.02. The fraction of sp³-hybridized carbons (Fsp3) is 0.391. The summed E-state index contributed by atoms with van der Waals surface area (Å²) in [6, 6.07) is 7.82. The van der Waals surface area contributed by atoms with Crippen LogP contribution in [0.4, 0.5) is 5.69 Å². The van der Waals surface area contributed by atoms with Crippen molar-refractivity contribution in [3.8, 4) is 0 Å². The van der Waals surface area contributed by atoms with Gasteiger partial charge in [0.15, 0.2) is 0 Å². The van der Waals surface area contributed by atoms with E-state index in [-0.39, 0.29) is 17.7 Å². The molecule has 3 aromatic rings. The van der Waals surface area contributed by atoms with Crippen LogP contribution in [0, 0.1) is 19.8 Å². The molecule has 1 aliphatic heterocycles. The third-order valence-corrected chi connectivity index (χ3v) is 5.86. The molecule has 4 rings (SSSR count). The summed E-state index contributed by atoms with van der Waals surface area (Å²) in [5, 5.41) is 7.47. The lowest BCUT2D eigenvalue weighted by Gasteiger charge is -2.17. The molecular weight excluding hydrogens is 392 g/mol. The minimum Gasteiger partial charge on any atom is -0.338 e. The van der Waals surface area contributed by atoms with Gasteiger partial charge in [0.25, 0.3) is 5.91 Å². The molecule has 0 spiro atoms. The highest BCUT2D eigenvalue weighted by atomic mass is 16.2. The Morgan fingerprint density at radius 2 is 2.10 bits per heavy atom. The first kappa shape index (κ1) is 20.8. The molecule has 1 aliphatic rings. The van der Waals surface area contributed by atoms with Crippen LogP contribution in [0.25, 0.3) is 0 Å². The average Bonchev–Trinajstić information content (AvgIpc) is 3.49. The highest BCUT2D eigenvalue weighted by Crippen LogP contribution is 2.23. The van der Waals surface area contributed by atoms with Crippen LogP contribution in [0.5, 0.6) is 0 Å². The number of imidazole rings is 1. The van der Waals surface area contributed by atoms with Gasteiger partial charge in [0.1, 0.15) is 0 Å². The monoisotopic (exact) mass is 420 g/mol. The number of likely N-dealkylation sites (tertiary alicyclic amines) is 1. The Hall–Kier alpha value is -3.42. The van der Waals surface area contributed by atoms with Crippen molar-refractivity contribution in [2.24, 2.45) is 5.92 Å². The molecule has 0 bridgehead atoms. The van der Waals surface area contributed by atoms with Crippen LogP contribution in [-0.2, 0) is 17.9 Å². The topological polar surface area (TPSA) is 85.0 Å². The second kappa shape index (κ2) is 8.75. The lowest BCUT2D eigenvalue weighted by molar-refractivity contribution is -0.119. The van der Waals surface area contributed by atoms with E-state index >= 15 is 0 Å². The van der Waals surface area contributed by atoms with Crippen LogP contribution in [0.1, 0.15) is 40.7 Å². The summed E-state index contributed by atoms with van der Waals surface area (Å²) in [5.41, 5.74) is 4.14. The van der Waals surface area contributed by atoms with Crippen LogP contribution in [0.15, 0.2) is 43.0 Å². The Balaban J connectivity index is 1.39. The zero-order chi connectivity index (χ0) is 22.0. The smallest absolute Gasteiger partial charge is 0.257 e. The number of carbonyl (C=O) groups excluding carboxylic acids is 2. The number of hydrogen-bond donors (Lipinski definition) is 1. The molecule has 8 nitrogen and oxygen atoms in total. The van der Waals surface area contributed by atoms with Crippen LogP contribution in [0.2, 0.25) is 0 Å². The highest BCUT2D eigenvalue weighted by Gasteiger charge is 2.33. The first-order chi connectivity index (χ1) is 15.0. The Kier molecular flexibility index (Phi) is 5.88. The minimum atomic E-state index is -0.219. The summed E-state index contributed by atoms with van der Waals surface area (Å²) in [5.74, 6) is -0.303. The van der Waals surface area contributed by atoms with Gasteiger partial charge in [0.2, 0.25) is 5.91 Å². The van der Waals surface area contributed by atoms with Crippen LogP contribution in [-0.4, -0.2) is 49.1 Å². The summed E-state index contributed by atoms with van der Waals surface area (Å²) in [7, 11) is 0. The average molecular weight is 421 g/mol. The predicted molar refractivity (Wildman–Crippen MR) is 118 cm³/mol. The molecule has 2 amide bonds. The Morgan fingerprint density at radius 3 is 2.81 bits per heavy atom. The second-order valence-electron chi connectivity index (χ2n) is 8.02. The highest BCUT2D eigenvalue weighted by molar-refractivity contribution is 5.98. The predicted octanol–water partition coefficient (Wildman–Crippen LogP) is 2.87. The molecule has 1 N–H and O–H groups in total. The summed E-state index contributed by atoms with van der Waals surface area (Å²) in [4.78, 5) is 31.8. The van der Waals surface area contributed by atoms with Crippen molar-refractivity contribution in [2.75, 3.05) is 18.4 Å². The number of amides is 2. The van der Waals surface area contributed by atoms with Crippen LogP contribution in [0.3, 0.4) is 0 Å². The van der Waals surface area contributed by atoms with Crippen LogP contribution >= 0.6 is 0 Å². The number of nitrogens with zero attached hydrogens (tertiary/aromatic N) is 5. The van der Waals surface area contributed by atoms with E-state index in [0.29, 0.717) is 31.6 Å². The number of carbonyl (C=O) groups is 2. The third-order valence-electron chi connectivity index (χ3n) is 5.86. The van der Waals surface area contributed by atoms with Crippen molar-refractivity contribution in [1.29, 1.82) is 0 Å². The van der Waals surface area contributed by atoms with Gasteiger partial charge in [-0.1, -0.05) is 12.1 Å². The first-order valence-electron chi connectivity index (χ1n) is 10.6. The normalized spacial score (nSPS) is 16.0. The van der Waals surface area contributed by atoms with E-state index in [4.69, 9.17) is 0 Å². The fourth-order valence-corrected chi connectivity index (χ4v) is 4.21. The van der Waals surface area contributed by atoms with Gasteiger partial charge in [0.05, 0.1) is 23.5 Å². The zero-order valence-corrected chi connectivity index (χ0v) is 18.2. The maximum atomic E-state index is 13.1. The van der Waals surface area contributed by atoms with Gasteiger partial charge >= 0.3 is 0 Å². The Bertz CT molecular complexity index is 1090. The molecule has 1 fully saturated rings. The minimum absolute atomic E-state index is 0.0349. The molecule has 1 atom stereocenters. The van der Waals surface area contributed by atoms with Crippen molar-refractivity contribution in [2.45, 2.75) is 40.3 Å². The quantitative estimate of drug-likeness (QED) is 0.665. The van der Waals surface area contributed by atoms with E-state index in [1.165, 1.54) is 0 Å². The molecule has 2 aromatic heterocycles. The molecular formula is C23H28N6O2. The van der Waals surface area contributed by atoms with E-state index in [2.05, 4.69) is 15.4 Å². The van der Waals surface area contributed by atoms with Gasteiger partial charge in [-0.05, 0) is 44.9 Å². The summed E-state index contributed by atoms with van der Waals surface area (Å²) in [6.07, 6.45) is 6.08. The molecule has 162 valence electrons. The fourth-order valence-electron chi connectivity index (χ4n) is 4.21. The van der Waals surface area contributed by atoms with Gasteiger partial charge in [-0.25, -0.2) is 4.98 Å². The molecule has 0 radical (unpaired) electrons. The summed E-state index contributed by atoms with van der Waals surface area (Å²) < 4.78 is 3.83. The van der Waals surface area contributed by atoms with Crippen molar-refractivity contribution >= 4 is 17.5 Å². The van der Waals surface area contributed by atoms with E-state index in [1.54, 1.807) is 17.4 Å². The van der Waals surface area contributed by atoms with Gasteiger partial charge in [0, 0.05) is 50.0 Å². The number of rotatable bonds is 6. The lowest BCUT2D eigenvalue weighted by atomic mass is 10.1. The van der Waals surface area contributed by atoms with Gasteiger partial charge in [-0.2, -0.15) is 5.10 Å². The largest absolute Gasteiger partial charge is 0.338 e. The molecule has 31 heavy (non-hydrogen) atoms. The molecule has 1 saturated heterocycles. The third kappa shape index (κ3) is 4.38. The SMILES string of the molecule is CCn1nc(C)c(C(=O)N2CCC(C(=O)Nc3cccc(Cn4ccnc4)c3)C2)c1C. The van der Waals surface area contributed by atoms with E-state index in [1.807, 2.05) is 60.5 Å². The number of aryl methyl sites for hydroxylation is 2. The first-order valence-corrected chi connectivity index (χ1v) is 10.6. The molecule has 8 heteroatoms. The molecule has 3 heterocycles. The lowest BCUT2D eigenvalue weighted by Crippen LogP contribution is -2.32. The Morgan fingerprint density at radius 1 is 1.26 bits per heavy atom. The number of hydrogen-bond acceptors (Lipinski definition) is 4. The Labute approximate surface area is 181 Å². The summed E-state index contributed by atoms with van der Waals surface area (Å²) >= 11 is 0. The number of anilines is 1. The number of aromatic nitrogens is 4. The van der Waals surface area contributed by atoms with Gasteiger partial charge in [-0.3, -0.25) is 14.3 Å². The maximum Gasteiger partial charge on any atom is 0.257 e. The van der Waals surface area contributed by atoms with E-state index in [9.17, 15) is 9.59 Å². The molecule has 0 aliphatic carbocycles. The van der Waals surface area contributed by atoms with Crippen molar-refractivity contribution < 1.29 is 9.59 Å². The molecule has 1 aromatic carbocycles. The van der Waals surface area contributed by atoms with Crippen LogP contribution < -0.4 is 5.32 Å². The van der Waals surface area contributed by atoms with Crippen molar-refractivity contribution in [3.05, 3.63) is 65.5 Å². The standard InChI is InChI=1S/C23H28N6O2/c1-4-29-17(3)21(16(2)26-29)23(31)28-10-8-19(14-28)22(30)25-20-7-5-6-18(12-20)13-27-11-9-24-15-27/h5-7,9,11-12,15,19H,4,8,10,13-14H2,1-3H3,(H,25,30). The molecule has 0 saturated carbocycles. The number of benzene rings is 1. The molecule has 1 unspecified atom stereocenters. The maximum absolute atomic E-state index is 13.1. The zero-order valence-electron chi connectivity index (χ0n) is 18.2. The number of nitrogens with one attached hydrogen (secondary N) is 1. The van der Waals surface area contributed by atoms with E-state index in [0.717, 1.165) is 29.2 Å². The van der Waals surface area contributed by atoms with Gasteiger partial charge in [-0.15, -0.1) is 0 Å². The summed E-state index contributed by atoms with van der Waals surface area (Å²) in [6.45, 7) is 8.22. The van der Waals surface area contributed by atoms with E-state index < -0.39 is 0 Å². The van der Waals surface area contributed by atoms with Crippen molar-refractivity contribution in [1.82, 2.24) is 24.2 Å².